The first-order valence-corrected chi connectivity index (χ1v) is 9.57. The minimum absolute atomic E-state index is 0.857. The number of piperidine rings is 1. The summed E-state index contributed by atoms with van der Waals surface area (Å²) >= 11 is 0. The van der Waals surface area contributed by atoms with Gasteiger partial charge in [0.1, 0.15) is 0 Å². The normalized spacial score (nSPS) is 16.5. The van der Waals surface area contributed by atoms with E-state index in [1.165, 1.54) is 62.0 Å². The lowest BCUT2D eigenvalue weighted by atomic mass is 9.91. The molecule has 1 aromatic heterocycles. The fraction of sp³-hybridized carbons (Fsp3) is 0.409. The molecule has 0 spiro atoms. The molecule has 2 aromatic carbocycles. The summed E-state index contributed by atoms with van der Waals surface area (Å²) in [5.74, 6) is 0.857. The summed E-state index contributed by atoms with van der Waals surface area (Å²) in [5.41, 5.74) is 3.85. The zero-order chi connectivity index (χ0) is 16.9. The van der Waals surface area contributed by atoms with E-state index in [1.54, 1.807) is 0 Å². The van der Waals surface area contributed by atoms with Gasteiger partial charge in [0.2, 0.25) is 0 Å². The summed E-state index contributed by atoms with van der Waals surface area (Å²) in [6.07, 6.45) is 6.24. The van der Waals surface area contributed by atoms with Crippen LogP contribution < -0.4 is 0 Å². The Morgan fingerprint density at radius 3 is 2.52 bits per heavy atom. The van der Waals surface area contributed by atoms with Crippen LogP contribution in [0, 0.1) is 5.92 Å². The van der Waals surface area contributed by atoms with Gasteiger partial charge in [-0.05, 0) is 62.7 Å². The van der Waals surface area contributed by atoms with Gasteiger partial charge in [-0.15, -0.1) is 0 Å². The number of rotatable bonds is 6. The highest BCUT2D eigenvalue weighted by atomic mass is 15.1. The van der Waals surface area contributed by atoms with Crippen molar-refractivity contribution in [2.75, 3.05) is 19.6 Å². The average Bonchev–Trinajstić information content (AvgIpc) is 3.10. The molecule has 25 heavy (non-hydrogen) atoms. The van der Waals surface area contributed by atoms with Crippen LogP contribution in [0.5, 0.6) is 0 Å². The van der Waals surface area contributed by atoms with Crippen LogP contribution in [0.4, 0.5) is 0 Å². The van der Waals surface area contributed by atoms with Crippen LogP contribution in [0.1, 0.15) is 30.5 Å². The van der Waals surface area contributed by atoms with Crippen molar-refractivity contribution in [3.8, 4) is 0 Å². The summed E-state index contributed by atoms with van der Waals surface area (Å²) in [6.45, 7) is 3.70. The second kappa shape index (κ2) is 7.83. The highest BCUT2D eigenvalue weighted by Crippen LogP contribution is 2.24. The Bertz CT molecular complexity index is 785. The standard InChI is InChI=1S/C22H27N3/c1-2-6-18(7-3-1)12-15-25-16-13-19(14-17-25)10-11-22-20-8-4-5-9-21(20)23-24-22/h1-9,19H,10-17H2,(H,23,24). The first-order chi connectivity index (χ1) is 12.4. The van der Waals surface area contributed by atoms with Crippen LogP contribution in [0.25, 0.3) is 10.9 Å². The maximum Gasteiger partial charge on any atom is 0.0923 e. The minimum atomic E-state index is 0.857. The average molecular weight is 333 g/mol. The topological polar surface area (TPSA) is 31.9 Å². The van der Waals surface area contributed by atoms with E-state index in [1.807, 2.05) is 0 Å². The number of para-hydroxylation sites is 1. The summed E-state index contributed by atoms with van der Waals surface area (Å²) in [6, 6.07) is 19.3. The molecule has 130 valence electrons. The van der Waals surface area contributed by atoms with E-state index in [0.29, 0.717) is 0 Å². The van der Waals surface area contributed by atoms with Gasteiger partial charge in [0, 0.05) is 17.6 Å². The fourth-order valence-electron chi connectivity index (χ4n) is 3.98. The number of nitrogens with one attached hydrogen (secondary N) is 1. The Morgan fingerprint density at radius 2 is 1.68 bits per heavy atom. The van der Waals surface area contributed by atoms with E-state index in [9.17, 15) is 0 Å². The number of aryl methyl sites for hydroxylation is 1. The Morgan fingerprint density at radius 1 is 0.920 bits per heavy atom. The van der Waals surface area contributed by atoms with Gasteiger partial charge in [-0.3, -0.25) is 5.10 Å². The third kappa shape index (κ3) is 4.10. The SMILES string of the molecule is c1ccc(CCN2CCC(CCc3[nH]nc4ccccc34)CC2)cc1. The monoisotopic (exact) mass is 333 g/mol. The lowest BCUT2D eigenvalue weighted by molar-refractivity contribution is 0.181. The third-order valence-corrected chi connectivity index (χ3v) is 5.61. The molecule has 3 heteroatoms. The summed E-state index contributed by atoms with van der Waals surface area (Å²) in [7, 11) is 0. The Kier molecular flexibility index (Phi) is 5.12. The van der Waals surface area contributed by atoms with Gasteiger partial charge in [0.15, 0.2) is 0 Å². The van der Waals surface area contributed by atoms with Gasteiger partial charge in [0.05, 0.1) is 5.52 Å². The van der Waals surface area contributed by atoms with Crippen LogP contribution in [-0.4, -0.2) is 34.7 Å². The van der Waals surface area contributed by atoms with Crippen molar-refractivity contribution < 1.29 is 0 Å². The van der Waals surface area contributed by atoms with Gasteiger partial charge < -0.3 is 4.90 Å². The molecule has 4 rings (SSSR count). The van der Waals surface area contributed by atoms with Crippen LogP contribution in [-0.2, 0) is 12.8 Å². The number of benzene rings is 2. The predicted octanol–water partition coefficient (Wildman–Crippen LogP) is 4.45. The zero-order valence-corrected chi connectivity index (χ0v) is 14.8. The van der Waals surface area contributed by atoms with Crippen molar-refractivity contribution in [1.82, 2.24) is 15.1 Å². The summed E-state index contributed by atoms with van der Waals surface area (Å²) in [4.78, 5) is 2.63. The highest BCUT2D eigenvalue weighted by Gasteiger charge is 2.19. The first kappa shape index (κ1) is 16.3. The van der Waals surface area contributed by atoms with Crippen LogP contribution in [0.3, 0.4) is 0 Å². The van der Waals surface area contributed by atoms with Gasteiger partial charge in [-0.2, -0.15) is 5.10 Å². The van der Waals surface area contributed by atoms with E-state index in [4.69, 9.17) is 0 Å². The fourth-order valence-corrected chi connectivity index (χ4v) is 3.98. The number of fused-ring (bicyclic) bond motifs is 1. The van der Waals surface area contributed by atoms with Crippen molar-refractivity contribution in [2.45, 2.75) is 32.1 Å². The molecule has 0 aliphatic carbocycles. The molecular weight excluding hydrogens is 306 g/mol. The molecule has 1 fully saturated rings. The number of likely N-dealkylation sites (tertiary alicyclic amines) is 1. The quantitative estimate of drug-likeness (QED) is 0.723. The first-order valence-electron chi connectivity index (χ1n) is 9.57. The third-order valence-electron chi connectivity index (χ3n) is 5.61. The number of aromatic amines is 1. The van der Waals surface area contributed by atoms with E-state index in [-0.39, 0.29) is 0 Å². The van der Waals surface area contributed by atoms with Crippen molar-refractivity contribution in [1.29, 1.82) is 0 Å². The summed E-state index contributed by atoms with van der Waals surface area (Å²) in [5, 5.41) is 8.95. The van der Waals surface area contributed by atoms with Crippen molar-refractivity contribution in [3.63, 3.8) is 0 Å². The zero-order valence-electron chi connectivity index (χ0n) is 14.8. The lowest BCUT2D eigenvalue weighted by Gasteiger charge is -2.32. The van der Waals surface area contributed by atoms with Gasteiger partial charge in [-0.1, -0.05) is 48.5 Å². The Labute approximate surface area is 150 Å². The van der Waals surface area contributed by atoms with Gasteiger partial charge >= 0.3 is 0 Å². The van der Waals surface area contributed by atoms with Crippen molar-refractivity contribution >= 4 is 10.9 Å². The van der Waals surface area contributed by atoms with E-state index in [2.05, 4.69) is 69.7 Å². The number of nitrogens with zero attached hydrogens (tertiary/aromatic N) is 2. The minimum Gasteiger partial charge on any atom is -0.303 e. The van der Waals surface area contributed by atoms with Gasteiger partial charge in [0.25, 0.3) is 0 Å². The molecule has 2 heterocycles. The molecule has 0 bridgehead atoms. The second-order valence-electron chi connectivity index (χ2n) is 7.28. The second-order valence-corrected chi connectivity index (χ2v) is 7.28. The molecular formula is C22H27N3. The molecule has 0 radical (unpaired) electrons. The predicted molar refractivity (Wildman–Crippen MR) is 104 cm³/mol. The van der Waals surface area contributed by atoms with Crippen LogP contribution in [0.2, 0.25) is 0 Å². The molecule has 0 unspecified atom stereocenters. The lowest BCUT2D eigenvalue weighted by Crippen LogP contribution is -2.35. The van der Waals surface area contributed by atoms with Crippen LogP contribution in [0.15, 0.2) is 54.6 Å². The van der Waals surface area contributed by atoms with Crippen molar-refractivity contribution in [3.05, 3.63) is 65.9 Å². The molecule has 0 atom stereocenters. The number of H-pyrrole nitrogens is 1. The Hall–Kier alpha value is -2.13. The molecule has 1 aliphatic heterocycles. The highest BCUT2D eigenvalue weighted by molar-refractivity contribution is 5.81. The molecule has 0 amide bonds. The number of aromatic nitrogens is 2. The molecule has 3 nitrogen and oxygen atoms in total. The summed E-state index contributed by atoms with van der Waals surface area (Å²) < 4.78 is 0. The maximum atomic E-state index is 4.41. The molecule has 3 aromatic rings. The number of hydrogen-bond donors (Lipinski definition) is 1. The largest absolute Gasteiger partial charge is 0.303 e. The van der Waals surface area contributed by atoms with Crippen molar-refractivity contribution in [2.24, 2.45) is 5.92 Å². The smallest absolute Gasteiger partial charge is 0.0923 e. The van der Waals surface area contributed by atoms with E-state index >= 15 is 0 Å². The molecule has 1 aliphatic rings. The van der Waals surface area contributed by atoms with Gasteiger partial charge in [-0.25, -0.2) is 0 Å². The number of hydrogen-bond acceptors (Lipinski definition) is 2. The van der Waals surface area contributed by atoms with E-state index in [0.717, 1.165) is 17.9 Å². The maximum absolute atomic E-state index is 4.41. The molecule has 1 N–H and O–H groups in total. The molecule has 0 saturated carbocycles. The van der Waals surface area contributed by atoms with Crippen LogP contribution >= 0.6 is 0 Å². The Balaban J connectivity index is 1.22. The molecule has 1 saturated heterocycles. The van der Waals surface area contributed by atoms with E-state index < -0.39 is 0 Å².